The summed E-state index contributed by atoms with van der Waals surface area (Å²) in [5.74, 6) is 1.67. The Morgan fingerprint density at radius 1 is 1.27 bits per heavy atom. The molecular formula is C13H17NO. The summed E-state index contributed by atoms with van der Waals surface area (Å²) in [5, 5.41) is 9.37. The topological polar surface area (TPSA) is 23.5 Å². The Bertz CT molecular complexity index is 338. The fraction of sp³-hybridized carbons (Fsp3) is 0.538. The average molecular weight is 203 g/mol. The lowest BCUT2D eigenvalue weighted by molar-refractivity contribution is 0.131. The molecule has 2 heteroatoms. The van der Waals surface area contributed by atoms with E-state index in [0.29, 0.717) is 12.6 Å². The van der Waals surface area contributed by atoms with Gasteiger partial charge in [-0.3, -0.25) is 4.90 Å². The first-order valence-corrected chi connectivity index (χ1v) is 5.77. The molecule has 0 unspecified atom stereocenters. The maximum Gasteiger partial charge on any atom is 0.0589 e. The van der Waals surface area contributed by atoms with Gasteiger partial charge in [-0.15, -0.1) is 0 Å². The Morgan fingerprint density at radius 2 is 2.07 bits per heavy atom. The van der Waals surface area contributed by atoms with Crippen molar-refractivity contribution in [3.63, 3.8) is 0 Å². The van der Waals surface area contributed by atoms with Crippen molar-refractivity contribution in [2.24, 2.45) is 11.8 Å². The number of fused-ring (bicyclic) bond motifs is 1. The Labute approximate surface area is 90.5 Å². The standard InChI is InChI=1S/C13H17NO/c15-9-13-12-6-11(12)8-14(13)7-10-4-2-1-3-5-10/h1-5,11-13,15H,6-9H2/t11-,12-,13+/m0/s1. The monoisotopic (exact) mass is 203 g/mol. The summed E-state index contributed by atoms with van der Waals surface area (Å²) in [4.78, 5) is 2.44. The van der Waals surface area contributed by atoms with Crippen LogP contribution in [0.3, 0.4) is 0 Å². The van der Waals surface area contributed by atoms with Gasteiger partial charge in [-0.1, -0.05) is 30.3 Å². The van der Waals surface area contributed by atoms with Crippen LogP contribution in [0.4, 0.5) is 0 Å². The lowest BCUT2D eigenvalue weighted by Gasteiger charge is -2.25. The van der Waals surface area contributed by atoms with E-state index in [-0.39, 0.29) is 0 Å². The van der Waals surface area contributed by atoms with Gasteiger partial charge in [0, 0.05) is 19.1 Å². The van der Waals surface area contributed by atoms with Crippen molar-refractivity contribution in [3.05, 3.63) is 35.9 Å². The highest BCUT2D eigenvalue weighted by molar-refractivity contribution is 5.16. The number of nitrogens with zero attached hydrogens (tertiary/aromatic N) is 1. The molecular weight excluding hydrogens is 186 g/mol. The number of likely N-dealkylation sites (tertiary alicyclic amines) is 1. The van der Waals surface area contributed by atoms with Gasteiger partial charge in [0.25, 0.3) is 0 Å². The van der Waals surface area contributed by atoms with Crippen LogP contribution in [0.1, 0.15) is 12.0 Å². The lowest BCUT2D eigenvalue weighted by Crippen LogP contribution is -2.35. The zero-order chi connectivity index (χ0) is 10.3. The van der Waals surface area contributed by atoms with E-state index in [9.17, 15) is 5.11 Å². The van der Waals surface area contributed by atoms with E-state index in [0.717, 1.165) is 18.4 Å². The quantitative estimate of drug-likeness (QED) is 0.804. The van der Waals surface area contributed by atoms with Crippen LogP contribution in [0.5, 0.6) is 0 Å². The number of piperidine rings is 1. The van der Waals surface area contributed by atoms with Gasteiger partial charge in [-0.2, -0.15) is 0 Å². The lowest BCUT2D eigenvalue weighted by atomic mass is 10.1. The molecule has 3 rings (SSSR count). The number of aliphatic hydroxyl groups is 1. The van der Waals surface area contributed by atoms with E-state index >= 15 is 0 Å². The van der Waals surface area contributed by atoms with E-state index in [2.05, 4.69) is 35.2 Å². The molecule has 0 aromatic heterocycles. The molecule has 15 heavy (non-hydrogen) atoms. The summed E-state index contributed by atoms with van der Waals surface area (Å²) in [5.41, 5.74) is 1.36. The summed E-state index contributed by atoms with van der Waals surface area (Å²) >= 11 is 0. The second kappa shape index (κ2) is 3.62. The molecule has 3 atom stereocenters. The first-order valence-electron chi connectivity index (χ1n) is 5.77. The molecule has 2 fully saturated rings. The van der Waals surface area contributed by atoms with Crippen LogP contribution in [0.25, 0.3) is 0 Å². The molecule has 1 saturated carbocycles. The molecule has 1 aliphatic heterocycles. The third-order valence-electron chi connectivity index (χ3n) is 3.83. The number of hydrogen-bond acceptors (Lipinski definition) is 2. The van der Waals surface area contributed by atoms with Crippen molar-refractivity contribution in [3.8, 4) is 0 Å². The van der Waals surface area contributed by atoms with E-state index < -0.39 is 0 Å². The molecule has 0 radical (unpaired) electrons. The van der Waals surface area contributed by atoms with Crippen molar-refractivity contribution < 1.29 is 5.11 Å². The number of aliphatic hydroxyl groups excluding tert-OH is 1. The van der Waals surface area contributed by atoms with Gasteiger partial charge < -0.3 is 5.11 Å². The fourth-order valence-corrected chi connectivity index (χ4v) is 2.91. The van der Waals surface area contributed by atoms with E-state index in [1.165, 1.54) is 18.5 Å². The normalized spacial score (nSPS) is 34.1. The Kier molecular flexibility index (Phi) is 2.26. The van der Waals surface area contributed by atoms with Crippen molar-refractivity contribution in [2.45, 2.75) is 19.0 Å². The molecule has 0 amide bonds. The van der Waals surface area contributed by atoms with Gasteiger partial charge in [0.2, 0.25) is 0 Å². The average Bonchev–Trinajstić information content (AvgIpc) is 2.93. The molecule has 1 N–H and O–H groups in total. The molecule has 1 saturated heterocycles. The van der Waals surface area contributed by atoms with Crippen molar-refractivity contribution >= 4 is 0 Å². The smallest absolute Gasteiger partial charge is 0.0589 e. The van der Waals surface area contributed by atoms with E-state index in [4.69, 9.17) is 0 Å². The number of hydrogen-bond donors (Lipinski definition) is 1. The van der Waals surface area contributed by atoms with E-state index in [1.54, 1.807) is 0 Å². The molecule has 1 aromatic rings. The largest absolute Gasteiger partial charge is 0.395 e. The molecule has 2 nitrogen and oxygen atoms in total. The van der Waals surface area contributed by atoms with Gasteiger partial charge in [0.15, 0.2) is 0 Å². The fourth-order valence-electron chi connectivity index (χ4n) is 2.91. The van der Waals surface area contributed by atoms with Crippen molar-refractivity contribution in [2.75, 3.05) is 13.2 Å². The SMILES string of the molecule is OC[C@@H]1[C@H]2C[C@H]2CN1Cc1ccccc1. The molecule has 1 heterocycles. The first kappa shape index (κ1) is 9.37. The summed E-state index contributed by atoms with van der Waals surface area (Å²) in [7, 11) is 0. The van der Waals surface area contributed by atoms with Crippen LogP contribution in [0.2, 0.25) is 0 Å². The van der Waals surface area contributed by atoms with Crippen LogP contribution in [0, 0.1) is 11.8 Å². The van der Waals surface area contributed by atoms with Crippen molar-refractivity contribution in [1.29, 1.82) is 0 Å². The highest BCUT2D eigenvalue weighted by Crippen LogP contribution is 2.49. The molecule has 0 bridgehead atoms. The minimum atomic E-state index is 0.327. The van der Waals surface area contributed by atoms with Gasteiger partial charge >= 0.3 is 0 Å². The van der Waals surface area contributed by atoms with Gasteiger partial charge in [-0.25, -0.2) is 0 Å². The summed E-state index contributed by atoms with van der Waals surface area (Å²) in [6.07, 6.45) is 1.34. The van der Waals surface area contributed by atoms with Gasteiger partial charge in [0.05, 0.1) is 6.61 Å². The second-order valence-electron chi connectivity index (χ2n) is 4.82. The van der Waals surface area contributed by atoms with Crippen LogP contribution in [-0.2, 0) is 6.54 Å². The molecule has 80 valence electrons. The highest BCUT2D eigenvalue weighted by atomic mass is 16.3. The molecule has 1 aliphatic carbocycles. The number of rotatable bonds is 3. The molecule has 2 aliphatic rings. The summed E-state index contributed by atoms with van der Waals surface area (Å²) in [6.45, 7) is 2.51. The third-order valence-corrected chi connectivity index (χ3v) is 3.83. The highest BCUT2D eigenvalue weighted by Gasteiger charge is 2.51. The Balaban J connectivity index is 1.69. The Hall–Kier alpha value is -0.860. The summed E-state index contributed by atoms with van der Waals surface area (Å²) < 4.78 is 0. The summed E-state index contributed by atoms with van der Waals surface area (Å²) in [6, 6.07) is 11.0. The van der Waals surface area contributed by atoms with Crippen LogP contribution >= 0.6 is 0 Å². The number of benzene rings is 1. The predicted molar refractivity (Wildman–Crippen MR) is 59.3 cm³/mol. The minimum absolute atomic E-state index is 0.327. The van der Waals surface area contributed by atoms with Crippen LogP contribution in [0.15, 0.2) is 30.3 Å². The maximum absolute atomic E-state index is 9.37. The Morgan fingerprint density at radius 3 is 2.80 bits per heavy atom. The zero-order valence-electron chi connectivity index (χ0n) is 8.84. The molecule has 1 aromatic carbocycles. The van der Waals surface area contributed by atoms with Crippen LogP contribution < -0.4 is 0 Å². The third kappa shape index (κ3) is 1.68. The van der Waals surface area contributed by atoms with Crippen LogP contribution in [-0.4, -0.2) is 29.2 Å². The van der Waals surface area contributed by atoms with Crippen molar-refractivity contribution in [1.82, 2.24) is 4.90 Å². The van der Waals surface area contributed by atoms with Gasteiger partial charge in [-0.05, 0) is 23.8 Å². The van der Waals surface area contributed by atoms with E-state index in [1.807, 2.05) is 0 Å². The zero-order valence-corrected chi connectivity index (χ0v) is 8.84. The molecule has 0 spiro atoms. The first-order chi connectivity index (χ1) is 7.38. The predicted octanol–water partition coefficient (Wildman–Crippen LogP) is 1.50. The van der Waals surface area contributed by atoms with Gasteiger partial charge in [0.1, 0.15) is 0 Å². The maximum atomic E-state index is 9.37. The second-order valence-corrected chi connectivity index (χ2v) is 4.82. The minimum Gasteiger partial charge on any atom is -0.395 e.